The molecule has 22 heavy (non-hydrogen) atoms. The predicted molar refractivity (Wildman–Crippen MR) is 80.0 cm³/mol. The van der Waals surface area contributed by atoms with Gasteiger partial charge in [0.15, 0.2) is 11.5 Å². The smallest absolute Gasteiger partial charge is 0.237 e. The summed E-state index contributed by atoms with van der Waals surface area (Å²) in [6, 6.07) is 1.64. The first-order valence-corrected chi connectivity index (χ1v) is 7.13. The molecule has 1 atom stereocenters. The van der Waals surface area contributed by atoms with Crippen LogP contribution < -0.4 is 4.74 Å². The number of phenolic OH excluding ortho intramolecular Hbond substituents is 1. The first kappa shape index (κ1) is 14.6. The van der Waals surface area contributed by atoms with Gasteiger partial charge in [-0.05, 0) is 25.5 Å². The molecule has 1 aromatic rings. The number of hydrogen-bond acceptors (Lipinski definition) is 5. The van der Waals surface area contributed by atoms with Crippen molar-refractivity contribution in [1.29, 1.82) is 0 Å². The lowest BCUT2D eigenvalue weighted by Crippen LogP contribution is -2.32. The van der Waals surface area contributed by atoms with E-state index in [1.54, 1.807) is 13.0 Å². The number of ether oxygens (including phenoxy) is 2. The van der Waals surface area contributed by atoms with E-state index in [4.69, 9.17) is 9.47 Å². The number of benzene rings is 1. The highest BCUT2D eigenvalue weighted by atomic mass is 16.5. The van der Waals surface area contributed by atoms with E-state index in [1.165, 1.54) is 7.11 Å². The summed E-state index contributed by atoms with van der Waals surface area (Å²) in [5, 5.41) is 10.3. The number of hydrogen-bond donors (Lipinski definition) is 1. The number of carbonyl (C=O) groups is 2. The van der Waals surface area contributed by atoms with Crippen molar-refractivity contribution in [3.8, 4) is 11.5 Å². The largest absolute Gasteiger partial charge is 0.504 e. The van der Waals surface area contributed by atoms with E-state index in [0.717, 1.165) is 5.56 Å². The van der Waals surface area contributed by atoms with Crippen LogP contribution in [0.2, 0.25) is 0 Å². The zero-order valence-corrected chi connectivity index (χ0v) is 13.2. The van der Waals surface area contributed by atoms with Crippen LogP contribution >= 0.6 is 0 Å². The van der Waals surface area contributed by atoms with Crippen LogP contribution in [-0.2, 0) is 9.53 Å². The van der Waals surface area contributed by atoms with Gasteiger partial charge in [-0.25, -0.2) is 0 Å². The first-order valence-electron chi connectivity index (χ1n) is 7.13. The third-order valence-corrected chi connectivity index (χ3v) is 4.75. The van der Waals surface area contributed by atoms with Crippen LogP contribution in [0.5, 0.6) is 11.5 Å². The average Bonchev–Trinajstić information content (AvgIpc) is 2.68. The summed E-state index contributed by atoms with van der Waals surface area (Å²) in [5.74, 6) is -1.05. The lowest BCUT2D eigenvalue weighted by atomic mass is 9.73. The Balaban J connectivity index is 2.40. The summed E-state index contributed by atoms with van der Waals surface area (Å²) in [5.41, 5.74) is 1.04. The zero-order valence-electron chi connectivity index (χ0n) is 13.2. The van der Waals surface area contributed by atoms with Gasteiger partial charge < -0.3 is 14.6 Å². The van der Waals surface area contributed by atoms with Crippen molar-refractivity contribution in [3.05, 3.63) is 28.3 Å². The third-order valence-electron chi connectivity index (χ3n) is 4.75. The van der Waals surface area contributed by atoms with Gasteiger partial charge in [0, 0.05) is 11.0 Å². The molecule has 1 unspecified atom stereocenters. The Morgan fingerprint density at radius 3 is 2.45 bits per heavy atom. The molecule has 5 nitrogen and oxygen atoms in total. The van der Waals surface area contributed by atoms with Crippen LogP contribution in [0.15, 0.2) is 11.6 Å². The Kier molecular flexibility index (Phi) is 2.89. The summed E-state index contributed by atoms with van der Waals surface area (Å²) >= 11 is 0. The molecule has 2 aliphatic rings. The van der Waals surface area contributed by atoms with E-state index in [9.17, 15) is 14.7 Å². The fourth-order valence-electron chi connectivity index (χ4n) is 3.13. The van der Waals surface area contributed by atoms with Crippen molar-refractivity contribution in [2.45, 2.75) is 33.8 Å². The van der Waals surface area contributed by atoms with E-state index in [-0.39, 0.29) is 23.2 Å². The highest BCUT2D eigenvalue weighted by molar-refractivity contribution is 6.53. The predicted octanol–water partition coefficient (Wildman–Crippen LogP) is 2.63. The number of Topliss-reactive ketones (excluding diaryl/α,β-unsaturated/α-hetero) is 2. The van der Waals surface area contributed by atoms with E-state index in [1.807, 2.05) is 20.8 Å². The quantitative estimate of drug-likeness (QED) is 0.807. The monoisotopic (exact) mass is 302 g/mol. The van der Waals surface area contributed by atoms with Crippen LogP contribution in [-0.4, -0.2) is 29.9 Å². The fraction of sp³-hybridized carbons (Fsp3) is 0.412. The summed E-state index contributed by atoms with van der Waals surface area (Å²) < 4.78 is 11.0. The molecule has 1 aliphatic carbocycles. The van der Waals surface area contributed by atoms with Crippen LogP contribution in [0, 0.1) is 12.3 Å². The third kappa shape index (κ3) is 1.59. The van der Waals surface area contributed by atoms with Gasteiger partial charge in [-0.15, -0.1) is 0 Å². The average molecular weight is 302 g/mol. The fourth-order valence-corrected chi connectivity index (χ4v) is 3.13. The lowest BCUT2D eigenvalue weighted by Gasteiger charge is -2.25. The number of aromatic hydroxyl groups is 1. The minimum Gasteiger partial charge on any atom is -0.504 e. The molecule has 5 heteroatoms. The van der Waals surface area contributed by atoms with Crippen molar-refractivity contribution >= 4 is 17.3 Å². The summed E-state index contributed by atoms with van der Waals surface area (Å²) in [7, 11) is 1.40. The van der Waals surface area contributed by atoms with E-state index in [0.29, 0.717) is 16.9 Å². The summed E-state index contributed by atoms with van der Waals surface area (Å²) in [4.78, 5) is 25.1. The van der Waals surface area contributed by atoms with Gasteiger partial charge in [0.25, 0.3) is 0 Å². The molecule has 116 valence electrons. The van der Waals surface area contributed by atoms with Crippen molar-refractivity contribution in [3.63, 3.8) is 0 Å². The Labute approximate surface area is 128 Å². The molecule has 0 amide bonds. The molecule has 1 heterocycles. The minimum atomic E-state index is -0.709. The second-order valence-electron chi connectivity index (χ2n) is 6.34. The molecule has 1 aromatic carbocycles. The van der Waals surface area contributed by atoms with E-state index in [2.05, 4.69) is 0 Å². The molecule has 0 aromatic heterocycles. The number of methoxy groups -OCH3 is 1. The zero-order chi connectivity index (χ0) is 16.4. The van der Waals surface area contributed by atoms with Crippen molar-refractivity contribution in [1.82, 2.24) is 0 Å². The van der Waals surface area contributed by atoms with Gasteiger partial charge in [-0.2, -0.15) is 0 Å². The van der Waals surface area contributed by atoms with Crippen LogP contribution in [0.4, 0.5) is 0 Å². The number of phenols is 1. The second kappa shape index (κ2) is 4.35. The molecular formula is C17H18O5. The molecule has 0 bridgehead atoms. The van der Waals surface area contributed by atoms with Crippen molar-refractivity contribution in [2.75, 3.05) is 7.11 Å². The van der Waals surface area contributed by atoms with Gasteiger partial charge in [0.2, 0.25) is 11.6 Å². The van der Waals surface area contributed by atoms with Gasteiger partial charge in [0.1, 0.15) is 11.9 Å². The SMILES string of the molecule is COc1cc(C)c2c(c1O)C(=O)C(=O)C1=C2OC(C)C1(C)C. The Morgan fingerprint density at radius 1 is 1.23 bits per heavy atom. The highest BCUT2D eigenvalue weighted by Gasteiger charge is 2.51. The van der Waals surface area contributed by atoms with Crippen LogP contribution in [0.3, 0.4) is 0 Å². The Hall–Kier alpha value is -2.30. The number of fused-ring (bicyclic) bond motifs is 2. The van der Waals surface area contributed by atoms with Gasteiger partial charge in [-0.1, -0.05) is 13.8 Å². The maximum absolute atomic E-state index is 12.6. The molecule has 0 fully saturated rings. The molecule has 0 spiro atoms. The molecule has 0 saturated carbocycles. The van der Waals surface area contributed by atoms with Crippen LogP contribution in [0.25, 0.3) is 5.76 Å². The molecule has 0 saturated heterocycles. The standard InChI is InChI=1S/C17H18O5/c1-7-6-9(21-5)13(18)11-10(7)16-12(15(20)14(11)19)17(3,4)8(2)22-16/h6,8,18H,1-5H3. The van der Waals surface area contributed by atoms with E-state index >= 15 is 0 Å². The lowest BCUT2D eigenvalue weighted by molar-refractivity contribution is -0.112. The van der Waals surface area contributed by atoms with Gasteiger partial charge >= 0.3 is 0 Å². The van der Waals surface area contributed by atoms with Crippen molar-refractivity contribution < 1.29 is 24.2 Å². The summed E-state index contributed by atoms with van der Waals surface area (Å²) in [6.07, 6.45) is -0.233. The maximum atomic E-state index is 12.6. The molecule has 1 aliphatic heterocycles. The number of ketones is 2. The number of rotatable bonds is 1. The molecule has 0 radical (unpaired) electrons. The maximum Gasteiger partial charge on any atom is 0.237 e. The van der Waals surface area contributed by atoms with Crippen molar-refractivity contribution in [2.24, 2.45) is 5.41 Å². The molecular weight excluding hydrogens is 284 g/mol. The first-order chi connectivity index (χ1) is 10.2. The van der Waals surface area contributed by atoms with Gasteiger partial charge in [-0.3, -0.25) is 9.59 Å². The van der Waals surface area contributed by atoms with Crippen LogP contribution in [0.1, 0.15) is 42.3 Å². The topological polar surface area (TPSA) is 72.8 Å². The normalized spacial score (nSPS) is 22.3. The minimum absolute atomic E-state index is 0.0227. The summed E-state index contributed by atoms with van der Waals surface area (Å²) in [6.45, 7) is 7.44. The number of aryl methyl sites for hydroxylation is 1. The van der Waals surface area contributed by atoms with E-state index < -0.39 is 17.0 Å². The second-order valence-corrected chi connectivity index (χ2v) is 6.34. The number of carbonyl (C=O) groups excluding carboxylic acids is 2. The Bertz CT molecular complexity index is 755. The van der Waals surface area contributed by atoms with Gasteiger partial charge in [0.05, 0.1) is 18.2 Å². The highest BCUT2D eigenvalue weighted by Crippen LogP contribution is 2.52. The Morgan fingerprint density at radius 2 is 1.86 bits per heavy atom. The molecule has 3 rings (SSSR count). The molecule has 1 N–H and O–H groups in total.